The standard InChI is InChI=1S/C20H20N4O3S/c1-26-16-4-2-3-5-17(16)27-12-18-23-24-20(28-18)22-19(25)14-6-7-15-11-21-9-8-13(15)10-14/h2-7,10,21H,8-9,11-12H2,1H3,(H,22,24,25). The molecule has 28 heavy (non-hydrogen) atoms. The summed E-state index contributed by atoms with van der Waals surface area (Å²) in [5, 5.41) is 15.4. The molecule has 1 aliphatic heterocycles. The largest absolute Gasteiger partial charge is 0.493 e. The minimum Gasteiger partial charge on any atom is -0.493 e. The molecule has 8 heteroatoms. The fourth-order valence-corrected chi connectivity index (χ4v) is 3.68. The van der Waals surface area contributed by atoms with Crippen LogP contribution in [-0.4, -0.2) is 29.8 Å². The van der Waals surface area contributed by atoms with E-state index < -0.39 is 0 Å². The zero-order chi connectivity index (χ0) is 19.3. The number of anilines is 1. The van der Waals surface area contributed by atoms with Crippen molar-refractivity contribution >= 4 is 22.4 Å². The summed E-state index contributed by atoms with van der Waals surface area (Å²) in [5.41, 5.74) is 3.09. The molecule has 0 fully saturated rings. The number of hydrogen-bond acceptors (Lipinski definition) is 7. The summed E-state index contributed by atoms with van der Waals surface area (Å²) in [5.74, 6) is 1.10. The first-order valence-electron chi connectivity index (χ1n) is 8.95. The van der Waals surface area contributed by atoms with Gasteiger partial charge in [-0.15, -0.1) is 10.2 Å². The molecule has 1 aromatic heterocycles. The van der Waals surface area contributed by atoms with Crippen molar-refractivity contribution in [1.29, 1.82) is 0 Å². The van der Waals surface area contributed by atoms with Crippen LogP contribution in [0, 0.1) is 0 Å². The zero-order valence-electron chi connectivity index (χ0n) is 15.4. The minimum absolute atomic E-state index is 0.185. The molecule has 144 valence electrons. The molecule has 2 aromatic carbocycles. The Bertz CT molecular complexity index is 989. The second kappa shape index (κ2) is 8.37. The van der Waals surface area contributed by atoms with Gasteiger partial charge in [-0.1, -0.05) is 29.5 Å². The normalized spacial score (nSPS) is 12.9. The number of carbonyl (C=O) groups excluding carboxylic acids is 1. The van der Waals surface area contributed by atoms with Gasteiger partial charge in [0.05, 0.1) is 7.11 Å². The highest BCUT2D eigenvalue weighted by molar-refractivity contribution is 7.15. The van der Waals surface area contributed by atoms with Gasteiger partial charge in [-0.3, -0.25) is 10.1 Å². The fraction of sp³-hybridized carbons (Fsp3) is 0.250. The Kier molecular flexibility index (Phi) is 5.50. The predicted octanol–water partition coefficient (Wildman–Crippen LogP) is 3.02. The summed E-state index contributed by atoms with van der Waals surface area (Å²) in [6.07, 6.45) is 0.930. The maximum Gasteiger partial charge on any atom is 0.257 e. The maximum atomic E-state index is 12.5. The van der Waals surface area contributed by atoms with Gasteiger partial charge >= 0.3 is 0 Å². The van der Waals surface area contributed by atoms with Gasteiger partial charge in [0.15, 0.2) is 16.5 Å². The van der Waals surface area contributed by atoms with Crippen LogP contribution in [0.2, 0.25) is 0 Å². The number of methoxy groups -OCH3 is 1. The lowest BCUT2D eigenvalue weighted by molar-refractivity contribution is 0.102. The summed E-state index contributed by atoms with van der Waals surface area (Å²) < 4.78 is 11.0. The molecular formula is C20H20N4O3S. The smallest absolute Gasteiger partial charge is 0.257 e. The van der Waals surface area contributed by atoms with Crippen LogP contribution < -0.4 is 20.1 Å². The fourth-order valence-electron chi connectivity index (χ4n) is 3.03. The molecule has 0 aliphatic carbocycles. The van der Waals surface area contributed by atoms with Crippen LogP contribution in [0.1, 0.15) is 26.5 Å². The van der Waals surface area contributed by atoms with Gasteiger partial charge in [-0.05, 0) is 48.4 Å². The predicted molar refractivity (Wildman–Crippen MR) is 107 cm³/mol. The van der Waals surface area contributed by atoms with E-state index in [1.807, 2.05) is 42.5 Å². The Morgan fingerprint density at radius 3 is 2.89 bits per heavy atom. The van der Waals surface area contributed by atoms with E-state index in [4.69, 9.17) is 9.47 Å². The topological polar surface area (TPSA) is 85.4 Å². The van der Waals surface area contributed by atoms with E-state index in [9.17, 15) is 4.79 Å². The number of carbonyl (C=O) groups is 1. The molecule has 0 bridgehead atoms. The van der Waals surface area contributed by atoms with Crippen molar-refractivity contribution in [3.8, 4) is 11.5 Å². The summed E-state index contributed by atoms with van der Waals surface area (Å²) in [7, 11) is 1.60. The molecule has 0 spiro atoms. The van der Waals surface area contributed by atoms with Gasteiger partial charge in [-0.2, -0.15) is 0 Å². The van der Waals surface area contributed by atoms with Crippen LogP contribution >= 0.6 is 11.3 Å². The second-order valence-electron chi connectivity index (χ2n) is 6.30. The average Bonchev–Trinajstić information content (AvgIpc) is 3.19. The lowest BCUT2D eigenvalue weighted by Gasteiger charge is -2.17. The Labute approximate surface area is 166 Å². The lowest BCUT2D eigenvalue weighted by atomic mass is 9.98. The van der Waals surface area contributed by atoms with Crippen LogP contribution in [0.25, 0.3) is 0 Å². The lowest BCUT2D eigenvalue weighted by Crippen LogP contribution is -2.24. The minimum atomic E-state index is -0.185. The Balaban J connectivity index is 1.38. The van der Waals surface area contributed by atoms with Crippen LogP contribution in [0.3, 0.4) is 0 Å². The highest BCUT2D eigenvalue weighted by Crippen LogP contribution is 2.27. The van der Waals surface area contributed by atoms with Crippen molar-refractivity contribution in [1.82, 2.24) is 15.5 Å². The number of ether oxygens (including phenoxy) is 2. The van der Waals surface area contributed by atoms with Crippen LogP contribution in [0.15, 0.2) is 42.5 Å². The average molecular weight is 396 g/mol. The third-order valence-corrected chi connectivity index (χ3v) is 5.27. The number of amides is 1. The first-order valence-corrected chi connectivity index (χ1v) is 9.76. The van der Waals surface area contributed by atoms with Crippen molar-refractivity contribution in [3.63, 3.8) is 0 Å². The molecule has 7 nitrogen and oxygen atoms in total. The molecule has 2 N–H and O–H groups in total. The van der Waals surface area contributed by atoms with Crippen molar-refractivity contribution in [2.75, 3.05) is 19.0 Å². The van der Waals surface area contributed by atoms with E-state index in [1.54, 1.807) is 7.11 Å². The molecule has 1 aliphatic rings. The monoisotopic (exact) mass is 396 g/mol. The van der Waals surface area contributed by atoms with Gasteiger partial charge in [0.25, 0.3) is 5.91 Å². The van der Waals surface area contributed by atoms with Crippen LogP contribution in [-0.2, 0) is 19.6 Å². The molecule has 1 amide bonds. The highest BCUT2D eigenvalue weighted by Gasteiger charge is 2.15. The molecule has 0 saturated heterocycles. The van der Waals surface area contributed by atoms with E-state index in [0.717, 1.165) is 19.5 Å². The highest BCUT2D eigenvalue weighted by atomic mass is 32.1. The van der Waals surface area contributed by atoms with E-state index in [0.29, 0.717) is 27.2 Å². The Hall–Kier alpha value is -2.97. The van der Waals surface area contributed by atoms with E-state index >= 15 is 0 Å². The maximum absolute atomic E-state index is 12.5. The van der Waals surface area contributed by atoms with Gasteiger partial charge in [0.2, 0.25) is 5.13 Å². The second-order valence-corrected chi connectivity index (χ2v) is 7.37. The third-order valence-electron chi connectivity index (χ3n) is 4.46. The van der Waals surface area contributed by atoms with Crippen LogP contribution in [0.4, 0.5) is 5.13 Å². The van der Waals surface area contributed by atoms with Gasteiger partial charge < -0.3 is 14.8 Å². The number of benzene rings is 2. The van der Waals surface area contributed by atoms with E-state index in [1.165, 1.54) is 22.5 Å². The summed E-state index contributed by atoms with van der Waals surface area (Å²) >= 11 is 1.29. The number of rotatable bonds is 6. The summed E-state index contributed by atoms with van der Waals surface area (Å²) in [6, 6.07) is 13.2. The zero-order valence-corrected chi connectivity index (χ0v) is 16.2. The number of para-hydroxylation sites is 2. The molecule has 3 aromatic rings. The Morgan fingerprint density at radius 1 is 1.18 bits per heavy atom. The first kappa shape index (κ1) is 18.4. The number of fused-ring (bicyclic) bond motifs is 1. The van der Waals surface area contributed by atoms with Crippen molar-refractivity contribution in [2.45, 2.75) is 19.6 Å². The SMILES string of the molecule is COc1ccccc1OCc1nnc(NC(=O)c2ccc3c(c2)CCNC3)s1. The van der Waals surface area contributed by atoms with Crippen molar-refractivity contribution < 1.29 is 14.3 Å². The molecule has 4 rings (SSSR count). The summed E-state index contributed by atoms with van der Waals surface area (Å²) in [4.78, 5) is 12.5. The first-order chi connectivity index (χ1) is 13.7. The summed E-state index contributed by atoms with van der Waals surface area (Å²) in [6.45, 7) is 2.03. The van der Waals surface area contributed by atoms with E-state index in [-0.39, 0.29) is 12.5 Å². The van der Waals surface area contributed by atoms with Gasteiger partial charge in [0.1, 0.15) is 6.61 Å². The number of nitrogens with one attached hydrogen (secondary N) is 2. The van der Waals surface area contributed by atoms with Crippen molar-refractivity contribution in [3.05, 3.63) is 64.2 Å². The third kappa shape index (κ3) is 4.13. The molecule has 0 unspecified atom stereocenters. The molecule has 0 radical (unpaired) electrons. The molecule has 0 atom stereocenters. The molecular weight excluding hydrogens is 376 g/mol. The van der Waals surface area contributed by atoms with Gasteiger partial charge in [0, 0.05) is 12.1 Å². The Morgan fingerprint density at radius 2 is 2.04 bits per heavy atom. The van der Waals surface area contributed by atoms with Gasteiger partial charge in [-0.25, -0.2) is 0 Å². The van der Waals surface area contributed by atoms with Crippen LogP contribution in [0.5, 0.6) is 11.5 Å². The number of nitrogens with zero attached hydrogens (tertiary/aromatic N) is 2. The van der Waals surface area contributed by atoms with Crippen molar-refractivity contribution in [2.24, 2.45) is 0 Å². The number of hydrogen-bond donors (Lipinski definition) is 2. The molecule has 2 heterocycles. The molecule has 0 saturated carbocycles. The van der Waals surface area contributed by atoms with E-state index in [2.05, 4.69) is 20.8 Å². The number of aromatic nitrogens is 2. The quantitative estimate of drug-likeness (QED) is 0.666.